The Kier molecular flexibility index (Phi) is 9.06. The third-order valence-corrected chi connectivity index (χ3v) is 4.81. The van der Waals surface area contributed by atoms with Crippen molar-refractivity contribution in [3.63, 3.8) is 0 Å². The molecule has 0 saturated carbocycles. The fraction of sp³-hybridized carbons (Fsp3) is 0.562. The van der Waals surface area contributed by atoms with Crippen molar-refractivity contribution in [1.82, 2.24) is 10.2 Å². The van der Waals surface area contributed by atoms with Crippen LogP contribution in [0.15, 0.2) is 22.7 Å². The molecule has 4 nitrogen and oxygen atoms in total. The number of hydrogen-bond donors (Lipinski definition) is 2. The van der Waals surface area contributed by atoms with Crippen LogP contribution >= 0.6 is 28.3 Å². The Morgan fingerprint density at radius 1 is 1.43 bits per heavy atom. The molecule has 0 aromatic heterocycles. The summed E-state index contributed by atoms with van der Waals surface area (Å²) in [6, 6.07) is 5.06. The molecule has 1 heterocycles. The van der Waals surface area contributed by atoms with E-state index in [0.29, 0.717) is 32.1 Å². The van der Waals surface area contributed by atoms with Crippen molar-refractivity contribution in [3.8, 4) is 0 Å². The third kappa shape index (κ3) is 6.37. The van der Waals surface area contributed by atoms with Crippen LogP contribution in [-0.4, -0.2) is 36.5 Å². The van der Waals surface area contributed by atoms with Gasteiger partial charge in [0.1, 0.15) is 5.82 Å². The number of hydrogen-bond acceptors (Lipinski definition) is 3. The number of amides is 1. The highest BCUT2D eigenvalue weighted by Gasteiger charge is 2.23. The Hall–Kier alpha value is -0.690. The van der Waals surface area contributed by atoms with Gasteiger partial charge in [-0.3, -0.25) is 9.69 Å². The first-order chi connectivity index (χ1) is 10.6. The molecule has 7 heteroatoms. The van der Waals surface area contributed by atoms with Crippen LogP contribution in [-0.2, 0) is 11.3 Å². The van der Waals surface area contributed by atoms with Crippen LogP contribution in [0.2, 0.25) is 0 Å². The van der Waals surface area contributed by atoms with Crippen molar-refractivity contribution < 1.29 is 9.18 Å². The third-order valence-electron chi connectivity index (χ3n) is 4.04. The van der Waals surface area contributed by atoms with Crippen molar-refractivity contribution >= 4 is 34.2 Å². The Balaban J connectivity index is 0.00000264. The van der Waals surface area contributed by atoms with Crippen LogP contribution < -0.4 is 11.1 Å². The molecule has 1 aromatic rings. The molecule has 1 aliphatic heterocycles. The van der Waals surface area contributed by atoms with Gasteiger partial charge >= 0.3 is 0 Å². The first-order valence-corrected chi connectivity index (χ1v) is 8.54. The quantitative estimate of drug-likeness (QED) is 0.761. The fourth-order valence-corrected chi connectivity index (χ4v) is 3.21. The molecule has 0 radical (unpaired) electrons. The van der Waals surface area contributed by atoms with Crippen LogP contribution in [0, 0.1) is 5.82 Å². The van der Waals surface area contributed by atoms with Gasteiger partial charge in [-0.2, -0.15) is 0 Å². The number of carbonyl (C=O) groups excluding carboxylic acids is 1. The van der Waals surface area contributed by atoms with E-state index in [9.17, 15) is 9.18 Å². The lowest BCUT2D eigenvalue weighted by Gasteiger charge is -2.36. The van der Waals surface area contributed by atoms with Crippen LogP contribution in [0.25, 0.3) is 0 Å². The maximum atomic E-state index is 13.4. The minimum Gasteiger partial charge on any atom is -0.354 e. The largest absolute Gasteiger partial charge is 0.354 e. The van der Waals surface area contributed by atoms with E-state index < -0.39 is 0 Å². The van der Waals surface area contributed by atoms with E-state index in [1.54, 1.807) is 12.1 Å². The highest BCUT2D eigenvalue weighted by molar-refractivity contribution is 9.10. The van der Waals surface area contributed by atoms with Gasteiger partial charge in [-0.25, -0.2) is 4.39 Å². The topological polar surface area (TPSA) is 58.4 Å². The normalized spacial score (nSPS) is 18.3. The summed E-state index contributed by atoms with van der Waals surface area (Å²) < 4.78 is 14.4. The molecule has 0 aliphatic carbocycles. The lowest BCUT2D eigenvalue weighted by molar-refractivity contribution is -0.121. The number of benzene rings is 1. The predicted molar refractivity (Wildman–Crippen MR) is 96.1 cm³/mol. The van der Waals surface area contributed by atoms with Crippen molar-refractivity contribution in [1.29, 1.82) is 0 Å². The molecular weight excluding hydrogens is 385 g/mol. The van der Waals surface area contributed by atoms with Gasteiger partial charge in [0, 0.05) is 36.6 Å². The molecule has 1 fully saturated rings. The number of nitrogens with two attached hydrogens (primary N) is 1. The molecule has 3 N–H and O–H groups in total. The van der Waals surface area contributed by atoms with Gasteiger partial charge in [-0.1, -0.05) is 22.4 Å². The molecule has 0 bridgehead atoms. The Labute approximate surface area is 151 Å². The standard InChI is InChI=1S/C16H23BrFN3O.ClH/c17-15-5-4-13(18)9-12(15)11-21-8-2-1-3-14(21)10-20-16(22)6-7-19;/h4-5,9,14H,1-3,6-8,10-11,19H2,(H,20,22);1H. The first kappa shape index (κ1) is 20.4. The van der Waals surface area contributed by atoms with Crippen LogP contribution in [0.1, 0.15) is 31.2 Å². The van der Waals surface area contributed by atoms with E-state index in [2.05, 4.69) is 26.1 Å². The summed E-state index contributed by atoms with van der Waals surface area (Å²) in [7, 11) is 0. The summed E-state index contributed by atoms with van der Waals surface area (Å²) in [5, 5.41) is 2.95. The fourth-order valence-electron chi connectivity index (χ4n) is 2.83. The number of rotatable bonds is 6. The zero-order valence-corrected chi connectivity index (χ0v) is 15.5. The summed E-state index contributed by atoms with van der Waals surface area (Å²) in [5.41, 5.74) is 6.33. The molecule has 0 spiro atoms. The number of piperidine rings is 1. The molecular formula is C16H24BrClFN3O. The van der Waals surface area contributed by atoms with E-state index in [0.717, 1.165) is 35.8 Å². The van der Waals surface area contributed by atoms with Crippen LogP contribution in [0.3, 0.4) is 0 Å². The molecule has 1 aromatic carbocycles. The van der Waals surface area contributed by atoms with Gasteiger partial charge in [-0.05, 0) is 43.1 Å². The van der Waals surface area contributed by atoms with Gasteiger partial charge in [-0.15, -0.1) is 12.4 Å². The van der Waals surface area contributed by atoms with E-state index in [4.69, 9.17) is 5.73 Å². The Morgan fingerprint density at radius 2 is 2.22 bits per heavy atom. The van der Waals surface area contributed by atoms with Gasteiger partial charge in [0.15, 0.2) is 0 Å². The zero-order valence-electron chi connectivity index (χ0n) is 13.1. The molecule has 1 atom stereocenters. The second kappa shape index (κ2) is 10.2. The lowest BCUT2D eigenvalue weighted by atomic mass is 10.0. The minimum atomic E-state index is -0.219. The van der Waals surface area contributed by atoms with Gasteiger partial charge in [0.25, 0.3) is 0 Å². The van der Waals surface area contributed by atoms with Crippen molar-refractivity contribution in [2.45, 2.75) is 38.3 Å². The van der Waals surface area contributed by atoms with Gasteiger partial charge in [0.2, 0.25) is 5.91 Å². The molecule has 1 amide bonds. The zero-order chi connectivity index (χ0) is 15.9. The number of nitrogens with one attached hydrogen (secondary N) is 1. The average molecular weight is 409 g/mol. The molecule has 1 saturated heterocycles. The van der Waals surface area contributed by atoms with E-state index >= 15 is 0 Å². The maximum Gasteiger partial charge on any atom is 0.221 e. The number of carbonyl (C=O) groups is 1. The minimum absolute atomic E-state index is 0. The van der Waals surface area contributed by atoms with E-state index in [1.807, 2.05) is 0 Å². The van der Waals surface area contributed by atoms with Crippen molar-refractivity contribution in [3.05, 3.63) is 34.1 Å². The van der Waals surface area contributed by atoms with Crippen LogP contribution in [0.4, 0.5) is 4.39 Å². The molecule has 130 valence electrons. The van der Waals surface area contributed by atoms with E-state index in [1.165, 1.54) is 6.07 Å². The second-order valence-electron chi connectivity index (χ2n) is 5.70. The number of likely N-dealkylation sites (tertiary alicyclic amines) is 1. The SMILES string of the molecule is Cl.NCCC(=O)NCC1CCCCN1Cc1cc(F)ccc1Br. The molecule has 1 aliphatic rings. The van der Waals surface area contributed by atoms with Crippen molar-refractivity contribution in [2.24, 2.45) is 5.73 Å². The smallest absolute Gasteiger partial charge is 0.221 e. The van der Waals surface area contributed by atoms with Crippen molar-refractivity contribution in [2.75, 3.05) is 19.6 Å². The monoisotopic (exact) mass is 407 g/mol. The Bertz CT molecular complexity index is 518. The predicted octanol–water partition coefficient (Wildman–Crippen LogP) is 2.83. The second-order valence-corrected chi connectivity index (χ2v) is 6.55. The Morgan fingerprint density at radius 3 is 2.96 bits per heavy atom. The summed E-state index contributed by atoms with van der Waals surface area (Å²) in [5.74, 6) is -0.219. The maximum absolute atomic E-state index is 13.4. The first-order valence-electron chi connectivity index (χ1n) is 7.75. The van der Waals surface area contributed by atoms with Gasteiger partial charge < -0.3 is 11.1 Å². The van der Waals surface area contributed by atoms with Crippen LogP contribution in [0.5, 0.6) is 0 Å². The summed E-state index contributed by atoms with van der Waals surface area (Å²) in [6.45, 7) is 2.67. The number of halogens is 3. The molecule has 1 unspecified atom stereocenters. The molecule has 23 heavy (non-hydrogen) atoms. The summed E-state index contributed by atoms with van der Waals surface area (Å²) >= 11 is 3.48. The lowest BCUT2D eigenvalue weighted by Crippen LogP contribution is -2.46. The summed E-state index contributed by atoms with van der Waals surface area (Å²) in [6.07, 6.45) is 3.72. The average Bonchev–Trinajstić information content (AvgIpc) is 2.50. The highest BCUT2D eigenvalue weighted by atomic mass is 79.9. The highest BCUT2D eigenvalue weighted by Crippen LogP contribution is 2.24. The number of nitrogens with zero attached hydrogens (tertiary/aromatic N) is 1. The van der Waals surface area contributed by atoms with E-state index in [-0.39, 0.29) is 24.1 Å². The molecule has 2 rings (SSSR count). The summed E-state index contributed by atoms with van der Waals surface area (Å²) in [4.78, 5) is 13.9. The van der Waals surface area contributed by atoms with Gasteiger partial charge in [0.05, 0.1) is 0 Å².